The summed E-state index contributed by atoms with van der Waals surface area (Å²) in [6.07, 6.45) is 0. The van der Waals surface area contributed by atoms with Crippen molar-refractivity contribution in [1.29, 1.82) is 0 Å². The Kier molecular flexibility index (Phi) is 5.83. The second-order valence-corrected chi connectivity index (χ2v) is 11.7. The summed E-state index contributed by atoms with van der Waals surface area (Å²) in [5, 5.41) is 3.63. The standard InChI is InChI=1S/C19H23N.C12H17N/c1-18(2)16-12-8-9-13-17(16)19(3,4)20(18)14-15-10-6-5-7-11-15;1-11(2)9-7-5-6-8-10(9)12(3,4)13-11/h5-13H,14H2,1-4H3;5-8,13H,1-4H3. The molecule has 3 aromatic carbocycles. The Morgan fingerprint density at radius 2 is 0.879 bits per heavy atom. The lowest BCUT2D eigenvalue weighted by atomic mass is 9.91. The summed E-state index contributed by atoms with van der Waals surface area (Å²) >= 11 is 0. The van der Waals surface area contributed by atoms with Crippen LogP contribution in [0.25, 0.3) is 0 Å². The molecule has 0 unspecified atom stereocenters. The van der Waals surface area contributed by atoms with Crippen molar-refractivity contribution < 1.29 is 0 Å². The minimum atomic E-state index is 0.0654. The summed E-state index contributed by atoms with van der Waals surface area (Å²) in [7, 11) is 0. The number of fused-ring (bicyclic) bond motifs is 2. The number of hydrogen-bond donors (Lipinski definition) is 1. The van der Waals surface area contributed by atoms with E-state index in [1.807, 2.05) is 0 Å². The topological polar surface area (TPSA) is 15.3 Å². The fourth-order valence-electron chi connectivity index (χ4n) is 6.19. The highest BCUT2D eigenvalue weighted by molar-refractivity contribution is 5.44. The van der Waals surface area contributed by atoms with Crippen molar-refractivity contribution in [3.8, 4) is 0 Å². The highest BCUT2D eigenvalue weighted by Crippen LogP contribution is 2.49. The van der Waals surface area contributed by atoms with E-state index in [0.29, 0.717) is 0 Å². The first-order valence-electron chi connectivity index (χ1n) is 12.2. The molecule has 0 amide bonds. The summed E-state index contributed by atoms with van der Waals surface area (Å²) < 4.78 is 0. The molecule has 0 atom stereocenters. The molecule has 2 aliphatic heterocycles. The van der Waals surface area contributed by atoms with Gasteiger partial charge in [0.25, 0.3) is 0 Å². The zero-order valence-corrected chi connectivity index (χ0v) is 21.7. The van der Waals surface area contributed by atoms with Gasteiger partial charge in [-0.15, -0.1) is 0 Å². The van der Waals surface area contributed by atoms with Crippen LogP contribution in [0.1, 0.15) is 83.2 Å². The van der Waals surface area contributed by atoms with Gasteiger partial charge in [0.2, 0.25) is 0 Å². The van der Waals surface area contributed by atoms with E-state index in [4.69, 9.17) is 0 Å². The highest BCUT2D eigenvalue weighted by Gasteiger charge is 2.48. The van der Waals surface area contributed by atoms with Crippen LogP contribution in [-0.2, 0) is 28.7 Å². The van der Waals surface area contributed by atoms with Gasteiger partial charge in [0.1, 0.15) is 0 Å². The molecule has 0 aliphatic carbocycles. The van der Waals surface area contributed by atoms with E-state index in [-0.39, 0.29) is 22.2 Å². The maximum atomic E-state index is 3.63. The van der Waals surface area contributed by atoms with Crippen LogP contribution < -0.4 is 5.32 Å². The fourth-order valence-corrected chi connectivity index (χ4v) is 6.19. The lowest BCUT2D eigenvalue weighted by molar-refractivity contribution is 0.0312. The third-order valence-corrected chi connectivity index (χ3v) is 7.68. The second kappa shape index (κ2) is 8.11. The Hall–Kier alpha value is -2.42. The van der Waals surface area contributed by atoms with Crippen molar-refractivity contribution >= 4 is 0 Å². The normalized spacial score (nSPS) is 21.0. The van der Waals surface area contributed by atoms with Crippen LogP contribution in [-0.4, -0.2) is 4.90 Å². The monoisotopic (exact) mass is 440 g/mol. The SMILES string of the molecule is CC1(C)NC(C)(C)c2ccccc21.CC1(C)c2ccccc2C(C)(C)N1Cc1ccccc1. The molecule has 0 saturated carbocycles. The molecule has 0 fully saturated rings. The average Bonchev–Trinajstić information content (AvgIpc) is 3.05. The van der Waals surface area contributed by atoms with E-state index in [9.17, 15) is 0 Å². The molecular formula is C31H40N2. The molecule has 0 saturated heterocycles. The Balaban J connectivity index is 0.000000172. The molecule has 2 aliphatic rings. The maximum absolute atomic E-state index is 3.63. The van der Waals surface area contributed by atoms with Gasteiger partial charge in [0, 0.05) is 28.7 Å². The quantitative estimate of drug-likeness (QED) is 0.446. The molecule has 1 N–H and O–H groups in total. The van der Waals surface area contributed by atoms with E-state index in [0.717, 1.165) is 6.54 Å². The number of benzene rings is 3. The van der Waals surface area contributed by atoms with Gasteiger partial charge < -0.3 is 0 Å². The first kappa shape index (κ1) is 23.7. The fraction of sp³-hybridized carbons (Fsp3) is 0.419. The van der Waals surface area contributed by atoms with E-state index in [2.05, 4.69) is 144 Å². The van der Waals surface area contributed by atoms with Crippen molar-refractivity contribution in [2.75, 3.05) is 0 Å². The van der Waals surface area contributed by atoms with Gasteiger partial charge in [-0.25, -0.2) is 0 Å². The number of nitrogens with zero attached hydrogens (tertiary/aromatic N) is 1. The van der Waals surface area contributed by atoms with Crippen LogP contribution >= 0.6 is 0 Å². The molecule has 0 radical (unpaired) electrons. The lowest BCUT2D eigenvalue weighted by Gasteiger charge is -2.41. The van der Waals surface area contributed by atoms with E-state index in [1.165, 1.54) is 27.8 Å². The number of nitrogens with one attached hydrogen (secondary N) is 1. The first-order valence-corrected chi connectivity index (χ1v) is 12.2. The minimum Gasteiger partial charge on any atom is -0.299 e. The molecule has 0 aromatic heterocycles. The Labute approximate surface area is 201 Å². The summed E-state index contributed by atoms with van der Waals surface area (Å²) in [5.74, 6) is 0. The third kappa shape index (κ3) is 4.16. The van der Waals surface area contributed by atoms with Gasteiger partial charge >= 0.3 is 0 Å². The summed E-state index contributed by atoms with van der Waals surface area (Å²) in [6.45, 7) is 19.3. The van der Waals surface area contributed by atoms with Crippen LogP contribution in [0.15, 0.2) is 78.9 Å². The molecule has 174 valence electrons. The van der Waals surface area contributed by atoms with Crippen molar-refractivity contribution in [3.05, 3.63) is 107 Å². The first-order chi connectivity index (χ1) is 15.4. The van der Waals surface area contributed by atoms with Gasteiger partial charge in [-0.3, -0.25) is 10.2 Å². The molecule has 5 rings (SSSR count). The van der Waals surface area contributed by atoms with E-state index in [1.54, 1.807) is 0 Å². The van der Waals surface area contributed by atoms with Gasteiger partial charge in [-0.1, -0.05) is 78.9 Å². The predicted octanol–water partition coefficient (Wildman–Crippen LogP) is 7.43. The molecule has 2 nitrogen and oxygen atoms in total. The van der Waals surface area contributed by atoms with E-state index < -0.39 is 0 Å². The van der Waals surface area contributed by atoms with E-state index >= 15 is 0 Å². The Morgan fingerprint density at radius 3 is 1.30 bits per heavy atom. The molecule has 0 bridgehead atoms. The molecule has 3 aromatic rings. The maximum Gasteiger partial charge on any atom is 0.0419 e. The van der Waals surface area contributed by atoms with Gasteiger partial charge in [0.15, 0.2) is 0 Å². The summed E-state index contributed by atoms with van der Waals surface area (Å²) in [4.78, 5) is 2.61. The van der Waals surface area contributed by atoms with Crippen LogP contribution in [0.5, 0.6) is 0 Å². The summed E-state index contributed by atoms with van der Waals surface area (Å²) in [5.41, 5.74) is 7.51. The zero-order chi connectivity index (χ0) is 24.1. The van der Waals surface area contributed by atoms with Crippen LogP contribution in [0.3, 0.4) is 0 Å². The van der Waals surface area contributed by atoms with Gasteiger partial charge in [-0.05, 0) is 83.2 Å². The van der Waals surface area contributed by atoms with Crippen molar-refractivity contribution in [2.24, 2.45) is 0 Å². The molecule has 33 heavy (non-hydrogen) atoms. The lowest BCUT2D eigenvalue weighted by Crippen LogP contribution is -2.44. The summed E-state index contributed by atoms with van der Waals surface area (Å²) in [6, 6.07) is 28.3. The largest absolute Gasteiger partial charge is 0.299 e. The highest BCUT2D eigenvalue weighted by atomic mass is 15.3. The minimum absolute atomic E-state index is 0.0654. The Bertz CT molecular complexity index is 1050. The third-order valence-electron chi connectivity index (χ3n) is 7.68. The Morgan fingerprint density at radius 1 is 0.515 bits per heavy atom. The smallest absolute Gasteiger partial charge is 0.0419 e. The van der Waals surface area contributed by atoms with Gasteiger partial charge in [-0.2, -0.15) is 0 Å². The molecule has 2 heterocycles. The second-order valence-electron chi connectivity index (χ2n) is 11.7. The molecular weight excluding hydrogens is 400 g/mol. The van der Waals surface area contributed by atoms with Gasteiger partial charge in [0.05, 0.1) is 0 Å². The predicted molar refractivity (Wildman–Crippen MR) is 140 cm³/mol. The van der Waals surface area contributed by atoms with Crippen molar-refractivity contribution in [1.82, 2.24) is 10.2 Å². The average molecular weight is 441 g/mol. The van der Waals surface area contributed by atoms with Crippen LogP contribution in [0.2, 0.25) is 0 Å². The zero-order valence-electron chi connectivity index (χ0n) is 21.7. The van der Waals surface area contributed by atoms with Crippen molar-refractivity contribution in [2.45, 2.75) is 84.1 Å². The van der Waals surface area contributed by atoms with Crippen LogP contribution in [0, 0.1) is 0 Å². The number of rotatable bonds is 2. The molecule has 2 heteroatoms. The van der Waals surface area contributed by atoms with Crippen molar-refractivity contribution in [3.63, 3.8) is 0 Å². The molecule has 0 spiro atoms. The number of hydrogen-bond acceptors (Lipinski definition) is 2. The van der Waals surface area contributed by atoms with Crippen LogP contribution in [0.4, 0.5) is 0 Å².